The van der Waals surface area contributed by atoms with Crippen LogP contribution in [-0.4, -0.2) is 36.7 Å². The maximum atomic E-state index is 12.3. The molecule has 0 amide bonds. The second-order valence-corrected chi connectivity index (χ2v) is 7.80. The van der Waals surface area contributed by atoms with Crippen molar-refractivity contribution >= 4 is 21.8 Å². The SMILES string of the molecule is CC1CCCCN1S(=O)(=O)NC1CCC(Cl)CC1. The van der Waals surface area contributed by atoms with Crippen molar-refractivity contribution in [2.75, 3.05) is 6.54 Å². The Balaban J connectivity index is 1.94. The first kappa shape index (κ1) is 14.6. The molecule has 2 fully saturated rings. The normalized spacial score (nSPS) is 35.6. The first-order valence-electron chi connectivity index (χ1n) is 6.92. The summed E-state index contributed by atoms with van der Waals surface area (Å²) in [5.41, 5.74) is 0. The van der Waals surface area contributed by atoms with Crippen LogP contribution in [0.2, 0.25) is 0 Å². The number of halogens is 1. The van der Waals surface area contributed by atoms with Gasteiger partial charge in [-0.2, -0.15) is 17.4 Å². The summed E-state index contributed by atoms with van der Waals surface area (Å²) in [6.45, 7) is 2.65. The zero-order valence-corrected chi connectivity index (χ0v) is 12.5. The molecular formula is C12H23ClN2O2S. The van der Waals surface area contributed by atoms with Gasteiger partial charge >= 0.3 is 0 Å². The summed E-state index contributed by atoms with van der Waals surface area (Å²) in [7, 11) is -3.31. The molecule has 6 heteroatoms. The molecule has 1 N–H and O–H groups in total. The van der Waals surface area contributed by atoms with E-state index >= 15 is 0 Å². The summed E-state index contributed by atoms with van der Waals surface area (Å²) >= 11 is 6.04. The summed E-state index contributed by atoms with van der Waals surface area (Å²) in [6, 6.07) is 0.194. The molecule has 1 unspecified atom stereocenters. The van der Waals surface area contributed by atoms with E-state index in [1.165, 1.54) is 0 Å². The van der Waals surface area contributed by atoms with Crippen molar-refractivity contribution in [3.05, 3.63) is 0 Å². The standard InChI is InChI=1S/C12H23ClN2O2S/c1-10-4-2-3-9-15(10)18(16,17)14-12-7-5-11(13)6-8-12/h10-12,14H,2-9H2,1H3. The van der Waals surface area contributed by atoms with Gasteiger partial charge in [-0.25, -0.2) is 0 Å². The van der Waals surface area contributed by atoms with Crippen LogP contribution in [-0.2, 0) is 10.2 Å². The van der Waals surface area contributed by atoms with Gasteiger partial charge in [0, 0.05) is 24.0 Å². The summed E-state index contributed by atoms with van der Waals surface area (Å²) in [5.74, 6) is 0. The Labute approximate surface area is 115 Å². The van der Waals surface area contributed by atoms with E-state index in [9.17, 15) is 8.42 Å². The molecule has 1 saturated carbocycles. The molecule has 0 radical (unpaired) electrons. The Kier molecular flexibility index (Phi) is 4.92. The van der Waals surface area contributed by atoms with Gasteiger partial charge in [0.05, 0.1) is 0 Å². The number of hydrogen-bond acceptors (Lipinski definition) is 2. The van der Waals surface area contributed by atoms with Crippen molar-refractivity contribution in [2.24, 2.45) is 0 Å². The molecule has 1 aliphatic carbocycles. The Hall–Kier alpha value is 0.160. The predicted octanol–water partition coefficient (Wildman–Crippen LogP) is 2.25. The average molecular weight is 295 g/mol. The Morgan fingerprint density at radius 1 is 1.11 bits per heavy atom. The van der Waals surface area contributed by atoms with Gasteiger partial charge < -0.3 is 0 Å². The first-order valence-corrected chi connectivity index (χ1v) is 8.80. The molecule has 1 aliphatic heterocycles. The summed E-state index contributed by atoms with van der Waals surface area (Å²) in [5, 5.41) is 0.222. The van der Waals surface area contributed by atoms with Crippen LogP contribution in [0.5, 0.6) is 0 Å². The number of piperidine rings is 1. The molecule has 0 aromatic rings. The van der Waals surface area contributed by atoms with Gasteiger partial charge in [0.25, 0.3) is 10.2 Å². The van der Waals surface area contributed by atoms with Crippen LogP contribution in [0.15, 0.2) is 0 Å². The van der Waals surface area contributed by atoms with Gasteiger partial charge in [0.2, 0.25) is 0 Å². The largest absolute Gasteiger partial charge is 0.279 e. The lowest BCUT2D eigenvalue weighted by Crippen LogP contribution is -2.51. The Bertz CT molecular complexity index is 366. The minimum Gasteiger partial charge on any atom is -0.199 e. The van der Waals surface area contributed by atoms with Gasteiger partial charge in [0.15, 0.2) is 0 Å². The van der Waals surface area contributed by atoms with E-state index < -0.39 is 10.2 Å². The van der Waals surface area contributed by atoms with Crippen molar-refractivity contribution in [1.29, 1.82) is 0 Å². The van der Waals surface area contributed by atoms with E-state index in [0.29, 0.717) is 6.54 Å². The van der Waals surface area contributed by atoms with Gasteiger partial charge in [-0.05, 0) is 45.4 Å². The average Bonchev–Trinajstić information content (AvgIpc) is 2.32. The van der Waals surface area contributed by atoms with Crippen LogP contribution < -0.4 is 4.72 Å². The second kappa shape index (κ2) is 6.07. The number of rotatable bonds is 3. The van der Waals surface area contributed by atoms with Crippen LogP contribution in [0.4, 0.5) is 0 Å². The van der Waals surface area contributed by atoms with Crippen LogP contribution in [0.1, 0.15) is 51.9 Å². The highest BCUT2D eigenvalue weighted by Gasteiger charge is 2.32. The number of nitrogens with zero attached hydrogens (tertiary/aromatic N) is 1. The topological polar surface area (TPSA) is 49.4 Å². The van der Waals surface area contributed by atoms with E-state index in [4.69, 9.17) is 11.6 Å². The molecule has 1 saturated heterocycles. The first-order chi connectivity index (χ1) is 8.49. The van der Waals surface area contributed by atoms with Gasteiger partial charge in [0.1, 0.15) is 0 Å². The Morgan fingerprint density at radius 3 is 2.39 bits per heavy atom. The zero-order valence-electron chi connectivity index (χ0n) is 10.9. The van der Waals surface area contributed by atoms with Crippen LogP contribution in [0.3, 0.4) is 0 Å². The highest BCUT2D eigenvalue weighted by atomic mass is 35.5. The number of hydrogen-bond donors (Lipinski definition) is 1. The van der Waals surface area contributed by atoms with Gasteiger partial charge in [-0.15, -0.1) is 11.6 Å². The molecule has 0 spiro atoms. The lowest BCUT2D eigenvalue weighted by Gasteiger charge is -2.34. The minimum atomic E-state index is -3.31. The molecule has 4 nitrogen and oxygen atoms in total. The third kappa shape index (κ3) is 3.59. The monoisotopic (exact) mass is 294 g/mol. The molecule has 0 aromatic heterocycles. The number of nitrogens with one attached hydrogen (secondary N) is 1. The molecule has 1 heterocycles. The fraction of sp³-hybridized carbons (Fsp3) is 1.00. The highest BCUT2D eigenvalue weighted by Crippen LogP contribution is 2.25. The fourth-order valence-electron chi connectivity index (χ4n) is 2.88. The van der Waals surface area contributed by atoms with Crippen molar-refractivity contribution in [2.45, 2.75) is 69.3 Å². The smallest absolute Gasteiger partial charge is 0.199 e. The van der Waals surface area contributed by atoms with Crippen molar-refractivity contribution in [3.63, 3.8) is 0 Å². The molecule has 106 valence electrons. The van der Waals surface area contributed by atoms with Crippen molar-refractivity contribution in [3.8, 4) is 0 Å². The van der Waals surface area contributed by atoms with Gasteiger partial charge in [-0.3, -0.25) is 0 Å². The lowest BCUT2D eigenvalue weighted by atomic mass is 9.96. The second-order valence-electron chi connectivity index (χ2n) is 5.53. The zero-order chi connectivity index (χ0) is 13.2. The maximum absolute atomic E-state index is 12.3. The molecular weight excluding hydrogens is 272 g/mol. The van der Waals surface area contributed by atoms with Crippen molar-refractivity contribution in [1.82, 2.24) is 9.03 Å². The van der Waals surface area contributed by atoms with E-state index in [2.05, 4.69) is 4.72 Å². The Morgan fingerprint density at radius 2 is 1.78 bits per heavy atom. The van der Waals surface area contributed by atoms with Crippen LogP contribution >= 0.6 is 11.6 Å². The molecule has 2 aliphatic rings. The summed E-state index contributed by atoms with van der Waals surface area (Å²) in [6.07, 6.45) is 6.60. The summed E-state index contributed by atoms with van der Waals surface area (Å²) in [4.78, 5) is 0. The fourth-order valence-corrected chi connectivity index (χ4v) is 4.87. The molecule has 0 aromatic carbocycles. The molecule has 2 rings (SSSR count). The highest BCUT2D eigenvalue weighted by molar-refractivity contribution is 7.87. The number of alkyl halides is 1. The third-order valence-corrected chi connectivity index (χ3v) is 6.25. The maximum Gasteiger partial charge on any atom is 0.279 e. The molecule has 18 heavy (non-hydrogen) atoms. The molecule has 0 bridgehead atoms. The third-order valence-electron chi connectivity index (χ3n) is 4.02. The van der Waals surface area contributed by atoms with E-state index in [-0.39, 0.29) is 17.5 Å². The van der Waals surface area contributed by atoms with Crippen LogP contribution in [0.25, 0.3) is 0 Å². The van der Waals surface area contributed by atoms with Crippen molar-refractivity contribution < 1.29 is 8.42 Å². The lowest BCUT2D eigenvalue weighted by molar-refractivity contribution is 0.261. The van der Waals surface area contributed by atoms with E-state index in [1.54, 1.807) is 4.31 Å². The quantitative estimate of drug-likeness (QED) is 0.812. The summed E-state index contributed by atoms with van der Waals surface area (Å²) < 4.78 is 29.1. The molecule has 1 atom stereocenters. The van der Waals surface area contributed by atoms with Crippen LogP contribution in [0, 0.1) is 0 Å². The predicted molar refractivity (Wildman–Crippen MR) is 74.0 cm³/mol. The van der Waals surface area contributed by atoms with E-state index in [1.807, 2.05) is 6.92 Å². The minimum absolute atomic E-state index is 0.0686. The van der Waals surface area contributed by atoms with E-state index in [0.717, 1.165) is 44.9 Å². The van der Waals surface area contributed by atoms with Gasteiger partial charge in [-0.1, -0.05) is 6.42 Å².